The van der Waals surface area contributed by atoms with Crippen molar-refractivity contribution in [3.05, 3.63) is 11.3 Å². The quantitative estimate of drug-likeness (QED) is 0.784. The van der Waals surface area contributed by atoms with Crippen LogP contribution < -0.4 is 4.74 Å². The molecule has 0 aliphatic carbocycles. The maximum atomic E-state index is 12.2. The summed E-state index contributed by atoms with van der Waals surface area (Å²) in [5, 5.41) is 4.18. The fourth-order valence-electron chi connectivity index (χ4n) is 2.12. The van der Waals surface area contributed by atoms with E-state index in [1.54, 1.807) is 18.7 Å². The van der Waals surface area contributed by atoms with E-state index < -0.39 is 0 Å². The lowest BCUT2D eigenvalue weighted by molar-refractivity contribution is 0.0323. The van der Waals surface area contributed by atoms with Crippen LogP contribution in [0.3, 0.4) is 0 Å². The van der Waals surface area contributed by atoms with E-state index >= 15 is 0 Å². The highest BCUT2D eigenvalue weighted by molar-refractivity contribution is 7.99. The van der Waals surface area contributed by atoms with Crippen LogP contribution in [0, 0.1) is 6.92 Å². The van der Waals surface area contributed by atoms with E-state index in [2.05, 4.69) is 5.10 Å². The molecule has 0 radical (unpaired) electrons. The molecule has 2 rings (SSSR count). The lowest BCUT2D eigenvalue weighted by Gasteiger charge is -2.21. The number of hydrogen-bond donors (Lipinski definition) is 0. The molecule has 1 atom stereocenters. The number of nitrogens with zero attached hydrogens (tertiary/aromatic N) is 2. The number of thioether (sulfide) groups is 1. The number of hydrogen-bond acceptors (Lipinski definition) is 5. The third kappa shape index (κ3) is 2.63. The molecular weight excluding hydrogens is 252 g/mol. The fourth-order valence-corrected chi connectivity index (χ4v) is 3.16. The molecule has 0 spiro atoms. The Morgan fingerprint density at radius 3 is 2.94 bits per heavy atom. The van der Waals surface area contributed by atoms with E-state index in [9.17, 15) is 4.79 Å². The number of carbonyl (C=O) groups is 1. The van der Waals surface area contributed by atoms with Crippen LogP contribution in [0.25, 0.3) is 0 Å². The van der Waals surface area contributed by atoms with E-state index in [1.807, 2.05) is 11.8 Å². The third-order valence-electron chi connectivity index (χ3n) is 2.96. The second-order valence-electron chi connectivity index (χ2n) is 4.34. The summed E-state index contributed by atoms with van der Waals surface area (Å²) >= 11 is 1.83. The van der Waals surface area contributed by atoms with E-state index in [4.69, 9.17) is 9.47 Å². The maximum absolute atomic E-state index is 12.2. The van der Waals surface area contributed by atoms with Gasteiger partial charge in [0.05, 0.1) is 12.8 Å². The van der Waals surface area contributed by atoms with Crippen molar-refractivity contribution in [2.45, 2.75) is 25.9 Å². The predicted octanol–water partition coefficient (Wildman–Crippen LogP) is 1.79. The first-order chi connectivity index (χ1) is 8.63. The number of carbonyl (C=O) groups excluding carboxylic acids is 1. The number of aromatic nitrogens is 2. The zero-order valence-electron chi connectivity index (χ0n) is 10.9. The lowest BCUT2D eigenvalue weighted by atomic mass is 10.2. The third-order valence-corrected chi connectivity index (χ3v) is 4.14. The first-order valence-corrected chi connectivity index (χ1v) is 7.15. The standard InChI is InChI=1S/C12H18N2O3S/c1-8-10(11(16-3)14(2)13-8)12(15)17-9-5-4-6-18-7-9/h9H,4-7H2,1-3H3/t9-/m0/s1. The molecule has 0 aromatic carbocycles. The van der Waals surface area contributed by atoms with Gasteiger partial charge < -0.3 is 9.47 Å². The highest BCUT2D eigenvalue weighted by atomic mass is 32.2. The molecule has 18 heavy (non-hydrogen) atoms. The zero-order chi connectivity index (χ0) is 13.1. The van der Waals surface area contributed by atoms with Gasteiger partial charge in [0.2, 0.25) is 5.88 Å². The molecular formula is C12H18N2O3S. The van der Waals surface area contributed by atoms with Crippen LogP contribution >= 0.6 is 11.8 Å². The molecule has 6 heteroatoms. The lowest BCUT2D eigenvalue weighted by Crippen LogP contribution is -2.24. The van der Waals surface area contributed by atoms with Gasteiger partial charge in [-0.2, -0.15) is 16.9 Å². The Morgan fingerprint density at radius 1 is 1.56 bits per heavy atom. The summed E-state index contributed by atoms with van der Waals surface area (Å²) in [7, 11) is 3.28. The van der Waals surface area contributed by atoms with Gasteiger partial charge in [-0.05, 0) is 25.5 Å². The molecule has 1 saturated heterocycles. The molecule has 100 valence electrons. The van der Waals surface area contributed by atoms with Crippen molar-refractivity contribution in [1.82, 2.24) is 9.78 Å². The molecule has 0 unspecified atom stereocenters. The van der Waals surface area contributed by atoms with E-state index in [-0.39, 0.29) is 12.1 Å². The summed E-state index contributed by atoms with van der Waals surface area (Å²) in [6, 6.07) is 0. The van der Waals surface area contributed by atoms with Crippen molar-refractivity contribution < 1.29 is 14.3 Å². The van der Waals surface area contributed by atoms with Gasteiger partial charge in [-0.3, -0.25) is 0 Å². The summed E-state index contributed by atoms with van der Waals surface area (Å²) in [6.07, 6.45) is 2.06. The number of ether oxygens (including phenoxy) is 2. The second kappa shape index (κ2) is 5.65. The van der Waals surface area contributed by atoms with E-state index in [0.717, 1.165) is 24.3 Å². The summed E-state index contributed by atoms with van der Waals surface area (Å²) in [6.45, 7) is 1.79. The molecule has 0 bridgehead atoms. The molecule has 5 nitrogen and oxygen atoms in total. The minimum absolute atomic E-state index is 0.0144. The van der Waals surface area contributed by atoms with Crippen molar-refractivity contribution in [2.75, 3.05) is 18.6 Å². The van der Waals surface area contributed by atoms with Crippen LogP contribution in [0.2, 0.25) is 0 Å². The monoisotopic (exact) mass is 270 g/mol. The van der Waals surface area contributed by atoms with Gasteiger partial charge in [0.25, 0.3) is 0 Å². The van der Waals surface area contributed by atoms with Crippen LogP contribution in [0.4, 0.5) is 0 Å². The van der Waals surface area contributed by atoms with Gasteiger partial charge in [0, 0.05) is 12.8 Å². The van der Waals surface area contributed by atoms with Gasteiger partial charge in [0.1, 0.15) is 11.7 Å². The van der Waals surface area contributed by atoms with Crippen LogP contribution in [0.5, 0.6) is 5.88 Å². The fraction of sp³-hybridized carbons (Fsp3) is 0.667. The van der Waals surface area contributed by atoms with Crippen LogP contribution in [-0.4, -0.2) is 40.5 Å². The van der Waals surface area contributed by atoms with Gasteiger partial charge in [-0.25, -0.2) is 9.48 Å². The normalized spacial score (nSPS) is 19.6. The maximum Gasteiger partial charge on any atom is 0.345 e. The first kappa shape index (κ1) is 13.3. The van der Waals surface area contributed by atoms with Gasteiger partial charge in [-0.15, -0.1) is 0 Å². The van der Waals surface area contributed by atoms with Crippen LogP contribution in [-0.2, 0) is 11.8 Å². The van der Waals surface area contributed by atoms with Crippen molar-refractivity contribution in [3.63, 3.8) is 0 Å². The molecule has 2 heterocycles. The highest BCUT2D eigenvalue weighted by Gasteiger charge is 2.26. The number of esters is 1. The Labute approximate surface area is 111 Å². The van der Waals surface area contributed by atoms with Crippen LogP contribution in [0.1, 0.15) is 28.9 Å². The first-order valence-electron chi connectivity index (χ1n) is 5.99. The summed E-state index contributed by atoms with van der Waals surface area (Å²) < 4.78 is 12.3. The second-order valence-corrected chi connectivity index (χ2v) is 5.49. The highest BCUT2D eigenvalue weighted by Crippen LogP contribution is 2.25. The number of methoxy groups -OCH3 is 1. The molecule has 0 N–H and O–H groups in total. The Bertz CT molecular complexity index is 439. The number of rotatable bonds is 3. The average molecular weight is 270 g/mol. The zero-order valence-corrected chi connectivity index (χ0v) is 11.7. The minimum Gasteiger partial charge on any atom is -0.481 e. The van der Waals surface area contributed by atoms with Crippen molar-refractivity contribution in [1.29, 1.82) is 0 Å². The van der Waals surface area contributed by atoms with Crippen molar-refractivity contribution in [3.8, 4) is 5.88 Å². The molecule has 1 fully saturated rings. The topological polar surface area (TPSA) is 53.4 Å². The smallest absolute Gasteiger partial charge is 0.345 e. The van der Waals surface area contributed by atoms with Crippen molar-refractivity contribution >= 4 is 17.7 Å². The minimum atomic E-state index is -0.329. The van der Waals surface area contributed by atoms with Gasteiger partial charge in [-0.1, -0.05) is 0 Å². The van der Waals surface area contributed by atoms with Crippen molar-refractivity contribution in [2.24, 2.45) is 7.05 Å². The Balaban J connectivity index is 2.12. The SMILES string of the molecule is COc1c(C(=O)O[C@H]2CCCSC2)c(C)nn1C. The van der Waals surface area contributed by atoms with E-state index in [1.165, 1.54) is 7.11 Å². The Kier molecular flexibility index (Phi) is 4.16. The molecule has 0 saturated carbocycles. The molecule has 1 aromatic heterocycles. The molecule has 0 amide bonds. The summed E-state index contributed by atoms with van der Waals surface area (Å²) in [4.78, 5) is 12.2. The van der Waals surface area contributed by atoms with Gasteiger partial charge in [0.15, 0.2) is 0 Å². The number of aryl methyl sites for hydroxylation is 2. The molecule has 1 aliphatic rings. The molecule has 1 aliphatic heterocycles. The van der Waals surface area contributed by atoms with Crippen LogP contribution in [0.15, 0.2) is 0 Å². The Hall–Kier alpha value is -1.17. The Morgan fingerprint density at radius 2 is 2.33 bits per heavy atom. The molecule has 1 aromatic rings. The summed E-state index contributed by atoms with van der Waals surface area (Å²) in [5.41, 5.74) is 1.08. The van der Waals surface area contributed by atoms with Gasteiger partial charge >= 0.3 is 5.97 Å². The summed E-state index contributed by atoms with van der Waals surface area (Å²) in [5.74, 6) is 2.17. The average Bonchev–Trinajstić information content (AvgIpc) is 2.64. The van der Waals surface area contributed by atoms with E-state index in [0.29, 0.717) is 17.1 Å². The predicted molar refractivity (Wildman–Crippen MR) is 70.3 cm³/mol. The largest absolute Gasteiger partial charge is 0.481 e.